The Labute approximate surface area is 308 Å². The lowest BCUT2D eigenvalue weighted by Crippen LogP contribution is -2.65. The molecule has 0 bridgehead atoms. The lowest BCUT2D eigenvalue weighted by Gasteiger charge is -2.47. The minimum atomic E-state index is -1.86. The second kappa shape index (κ2) is 18.4. The Morgan fingerprint density at radius 3 is 2.04 bits per heavy atom. The fraction of sp³-hybridized carbons (Fsp3) is 0.571. The van der Waals surface area contributed by atoms with Gasteiger partial charge >= 0.3 is 5.97 Å². The van der Waals surface area contributed by atoms with Crippen LogP contribution in [-0.2, 0) is 44.4 Å². The molecule has 3 saturated heterocycles. The summed E-state index contributed by atoms with van der Waals surface area (Å²) in [5, 5.41) is 113. The molecule has 300 valence electrons. The summed E-state index contributed by atoms with van der Waals surface area (Å²) in [6.07, 6.45) is -21.9. The van der Waals surface area contributed by atoms with Crippen LogP contribution >= 0.6 is 0 Å². The highest BCUT2D eigenvalue weighted by atomic mass is 16.8. The van der Waals surface area contributed by atoms with Crippen molar-refractivity contribution < 1.29 is 94.1 Å². The van der Waals surface area contributed by atoms with Crippen molar-refractivity contribution in [3.8, 4) is 17.2 Å². The van der Waals surface area contributed by atoms with Crippen LogP contribution in [0.2, 0.25) is 0 Å². The number of aliphatic hydroxyl groups excluding tert-OH is 8. The molecule has 0 radical (unpaired) electrons. The lowest BCUT2D eigenvalue weighted by atomic mass is 9.96. The average molecular weight is 771 g/mol. The summed E-state index contributed by atoms with van der Waals surface area (Å²) in [6.45, 7) is -0.0761. The first-order chi connectivity index (χ1) is 25.7. The highest BCUT2D eigenvalue weighted by Gasteiger charge is 2.53. The summed E-state index contributed by atoms with van der Waals surface area (Å²) in [5.41, 5.74) is 1.02. The molecule has 5 rings (SSSR count). The summed E-state index contributed by atoms with van der Waals surface area (Å²) in [4.78, 5) is 13.3. The van der Waals surface area contributed by atoms with Crippen molar-refractivity contribution in [2.24, 2.45) is 0 Å². The van der Waals surface area contributed by atoms with Gasteiger partial charge < -0.3 is 89.3 Å². The van der Waals surface area contributed by atoms with Crippen molar-refractivity contribution in [1.82, 2.24) is 0 Å². The van der Waals surface area contributed by atoms with Crippen molar-refractivity contribution in [3.05, 3.63) is 59.7 Å². The van der Waals surface area contributed by atoms with Gasteiger partial charge in [0.2, 0.25) is 0 Å². The Morgan fingerprint density at radius 2 is 1.35 bits per heavy atom. The largest absolute Gasteiger partial charge is 0.508 e. The second-order valence-corrected chi connectivity index (χ2v) is 13.1. The van der Waals surface area contributed by atoms with Gasteiger partial charge in [-0.15, -0.1) is 0 Å². The van der Waals surface area contributed by atoms with E-state index in [0.29, 0.717) is 0 Å². The van der Waals surface area contributed by atoms with Crippen LogP contribution in [0.15, 0.2) is 48.5 Å². The lowest BCUT2D eigenvalue weighted by molar-refractivity contribution is -0.364. The van der Waals surface area contributed by atoms with Crippen molar-refractivity contribution in [3.63, 3.8) is 0 Å². The molecule has 2 aromatic rings. The Morgan fingerprint density at radius 1 is 0.704 bits per heavy atom. The predicted molar refractivity (Wildman–Crippen MR) is 178 cm³/mol. The number of esters is 1. The molecule has 3 aliphatic rings. The molecule has 54 heavy (non-hydrogen) atoms. The Bertz CT molecular complexity index is 1540. The van der Waals surface area contributed by atoms with E-state index in [1.54, 1.807) is 12.1 Å². The minimum Gasteiger partial charge on any atom is -0.508 e. The van der Waals surface area contributed by atoms with Gasteiger partial charge in [-0.25, -0.2) is 4.79 Å². The normalized spacial score (nSPS) is 37.3. The smallest absolute Gasteiger partial charge is 0.331 e. The highest BCUT2D eigenvalue weighted by Crippen LogP contribution is 2.33. The van der Waals surface area contributed by atoms with E-state index in [1.807, 2.05) is 0 Å². The van der Waals surface area contributed by atoms with Gasteiger partial charge in [-0.05, 0) is 54.8 Å². The summed E-state index contributed by atoms with van der Waals surface area (Å²) in [7, 11) is 0. The SMILES string of the molecule is C[C@@H]1O[C@@H](O[C@@H]2[C@@H](O)[C@H](OCCc3ccc(O)cc3)O[C@H](CO[C@@H]3O[C@H](CO)[C@@H](O)[C@H](O)[C@H]3O)[C@H]2OC(=O)C=Cc2ccc(O)c(O)c2)[C@H](O)[C@H](O)[C@H]1O. The quantitative estimate of drug-likeness (QED) is 0.0553. The molecule has 2 aromatic carbocycles. The van der Waals surface area contributed by atoms with Gasteiger partial charge in [0, 0.05) is 6.08 Å². The maximum Gasteiger partial charge on any atom is 0.331 e. The van der Waals surface area contributed by atoms with Crippen LogP contribution < -0.4 is 0 Å². The summed E-state index contributed by atoms with van der Waals surface area (Å²) >= 11 is 0. The van der Waals surface area contributed by atoms with Crippen molar-refractivity contribution >= 4 is 12.0 Å². The van der Waals surface area contributed by atoms with Gasteiger partial charge in [0.25, 0.3) is 0 Å². The summed E-state index contributed by atoms with van der Waals surface area (Å²) in [5.74, 6) is -1.87. The van der Waals surface area contributed by atoms with E-state index in [-0.39, 0.29) is 24.3 Å². The zero-order valence-electron chi connectivity index (χ0n) is 28.9. The molecule has 0 unspecified atom stereocenters. The molecule has 11 N–H and O–H groups in total. The number of carbonyl (C=O) groups is 1. The number of rotatable bonds is 13. The summed E-state index contributed by atoms with van der Waals surface area (Å²) < 4.78 is 40.3. The van der Waals surface area contributed by atoms with Crippen LogP contribution in [0.3, 0.4) is 0 Å². The number of hydrogen-bond acceptors (Lipinski definition) is 19. The van der Waals surface area contributed by atoms with E-state index in [1.165, 1.54) is 43.3 Å². The molecule has 0 amide bonds. The number of ether oxygens (including phenoxy) is 7. The number of hydrogen-bond donors (Lipinski definition) is 11. The Hall–Kier alpha value is -3.51. The van der Waals surface area contributed by atoms with E-state index >= 15 is 0 Å². The van der Waals surface area contributed by atoms with Crippen LogP contribution in [0.4, 0.5) is 0 Å². The highest BCUT2D eigenvalue weighted by molar-refractivity contribution is 5.87. The molecule has 3 fully saturated rings. The van der Waals surface area contributed by atoms with Gasteiger partial charge in [0.05, 0.1) is 25.9 Å². The maximum absolute atomic E-state index is 13.3. The molecule has 19 heteroatoms. The van der Waals surface area contributed by atoms with Crippen LogP contribution in [0, 0.1) is 0 Å². The van der Waals surface area contributed by atoms with Gasteiger partial charge in [0.15, 0.2) is 36.5 Å². The molecule has 15 atom stereocenters. The average Bonchev–Trinajstić information content (AvgIpc) is 3.15. The third-order valence-electron chi connectivity index (χ3n) is 9.26. The fourth-order valence-electron chi connectivity index (χ4n) is 6.08. The molecular formula is C35H46O19. The zero-order valence-corrected chi connectivity index (χ0v) is 28.9. The van der Waals surface area contributed by atoms with Crippen molar-refractivity contribution in [1.29, 1.82) is 0 Å². The number of carbonyl (C=O) groups excluding carboxylic acids is 1. The molecule has 3 heterocycles. The van der Waals surface area contributed by atoms with E-state index in [4.69, 9.17) is 33.2 Å². The monoisotopic (exact) mass is 770 g/mol. The van der Waals surface area contributed by atoms with Crippen molar-refractivity contribution in [2.75, 3.05) is 19.8 Å². The number of benzene rings is 2. The summed E-state index contributed by atoms with van der Waals surface area (Å²) in [6, 6.07) is 9.97. The molecule has 3 aliphatic heterocycles. The van der Waals surface area contributed by atoms with Gasteiger partial charge in [-0.3, -0.25) is 0 Å². The third-order valence-corrected chi connectivity index (χ3v) is 9.26. The molecule has 0 saturated carbocycles. The first-order valence-electron chi connectivity index (χ1n) is 17.1. The Balaban J connectivity index is 1.43. The number of aromatic hydroxyl groups is 3. The molecule has 0 aromatic heterocycles. The number of phenols is 3. The molecule has 0 spiro atoms. The number of phenolic OH excluding ortho intramolecular Hbond substituents is 3. The van der Waals surface area contributed by atoms with E-state index < -0.39 is 123 Å². The van der Waals surface area contributed by atoms with Crippen LogP contribution in [0.5, 0.6) is 17.2 Å². The fourth-order valence-corrected chi connectivity index (χ4v) is 6.08. The predicted octanol–water partition coefficient (Wildman–Crippen LogP) is -2.90. The standard InChI is InChI=1S/C35H46O19/c1-15-24(41)26(43)29(46)35(50-15)54-32-30(47)34(48-11-10-16-2-6-18(37)7-3-16)52-22(14-49-33-28(45)27(44)25(42)21(13-36)51-33)31(32)53-23(40)9-5-17-4-8-19(38)20(39)12-17/h2-9,12,15,21-22,24-39,41-47H,10-11,13-14H2,1H3/t15-,21+,22+,24-,25+,26+,27-,28+,29+,30+,31+,32+,33+,34+,35-/m0/s1. The van der Waals surface area contributed by atoms with Crippen LogP contribution in [0.1, 0.15) is 18.1 Å². The molecule has 0 aliphatic carbocycles. The number of aliphatic hydroxyl groups is 8. The topological polar surface area (TPSA) is 304 Å². The third kappa shape index (κ3) is 9.83. The molecule has 19 nitrogen and oxygen atoms in total. The van der Waals surface area contributed by atoms with Crippen molar-refractivity contribution in [2.45, 2.75) is 105 Å². The molecular weight excluding hydrogens is 724 g/mol. The maximum atomic E-state index is 13.3. The van der Waals surface area contributed by atoms with Crippen LogP contribution in [-0.4, -0.2) is 174 Å². The zero-order chi connectivity index (χ0) is 39.3. The van der Waals surface area contributed by atoms with E-state index in [2.05, 4.69) is 0 Å². The van der Waals surface area contributed by atoms with Crippen LogP contribution in [0.25, 0.3) is 6.08 Å². The van der Waals surface area contributed by atoms with Gasteiger partial charge in [0.1, 0.15) is 66.8 Å². The first kappa shape index (κ1) is 41.6. The van der Waals surface area contributed by atoms with Gasteiger partial charge in [-0.2, -0.15) is 0 Å². The van der Waals surface area contributed by atoms with E-state index in [0.717, 1.165) is 11.6 Å². The second-order valence-electron chi connectivity index (χ2n) is 13.1. The van der Waals surface area contributed by atoms with Gasteiger partial charge in [-0.1, -0.05) is 18.2 Å². The Kier molecular flexibility index (Phi) is 14.2. The van der Waals surface area contributed by atoms with E-state index in [9.17, 15) is 61.0 Å². The minimum absolute atomic E-state index is 0.0451. The first-order valence-corrected chi connectivity index (χ1v) is 17.1.